The minimum absolute atomic E-state index is 0.170. The lowest BCUT2D eigenvalue weighted by molar-refractivity contribution is 0.171. The number of nitrogens with zero attached hydrogens (tertiary/aromatic N) is 1. The molecule has 4 rings (SSSR count). The Morgan fingerprint density at radius 1 is 1.41 bits per heavy atom. The Hall–Kier alpha value is -1.10. The first-order valence-electron chi connectivity index (χ1n) is 8.06. The molecule has 22 heavy (non-hydrogen) atoms. The first kappa shape index (κ1) is 14.5. The van der Waals surface area contributed by atoms with Gasteiger partial charge in [0.1, 0.15) is 0 Å². The highest BCUT2D eigenvalue weighted by molar-refractivity contribution is 9.10. The van der Waals surface area contributed by atoms with E-state index in [-0.39, 0.29) is 6.61 Å². The summed E-state index contributed by atoms with van der Waals surface area (Å²) in [5.74, 6) is 0.390. The Morgan fingerprint density at radius 2 is 2.27 bits per heavy atom. The standard InChI is InChI=1S/C18H21BrN2O/c1-2-6-21-9-11(10-22)7-13-12-4-3-5-15-17(12)14(8-16(13)21)18(19)20-15/h3-5,7,13,16,20,22H,2,6,8-10H2,1H3/t13-,16-/m1/s1. The van der Waals surface area contributed by atoms with Crippen molar-refractivity contribution in [3.05, 3.63) is 45.6 Å². The average molecular weight is 361 g/mol. The minimum Gasteiger partial charge on any atom is -0.392 e. The molecule has 0 radical (unpaired) electrons. The zero-order valence-corrected chi connectivity index (χ0v) is 14.4. The summed E-state index contributed by atoms with van der Waals surface area (Å²) in [5.41, 5.74) is 5.18. The molecule has 1 aromatic heterocycles. The van der Waals surface area contributed by atoms with E-state index in [1.807, 2.05) is 0 Å². The van der Waals surface area contributed by atoms with Crippen LogP contribution in [0.5, 0.6) is 0 Å². The van der Waals surface area contributed by atoms with Crippen LogP contribution in [-0.2, 0) is 6.42 Å². The maximum absolute atomic E-state index is 9.65. The number of nitrogens with one attached hydrogen (secondary N) is 1. The number of fused-ring (bicyclic) bond motifs is 2. The van der Waals surface area contributed by atoms with Crippen molar-refractivity contribution in [3.63, 3.8) is 0 Å². The lowest BCUT2D eigenvalue weighted by atomic mass is 9.76. The van der Waals surface area contributed by atoms with Crippen LogP contribution in [0, 0.1) is 0 Å². The molecule has 2 aliphatic rings. The summed E-state index contributed by atoms with van der Waals surface area (Å²) < 4.78 is 1.13. The smallest absolute Gasteiger partial charge is 0.0864 e. The number of benzene rings is 1. The predicted octanol–water partition coefficient (Wildman–Crippen LogP) is 3.58. The third-order valence-corrected chi connectivity index (χ3v) is 5.78. The van der Waals surface area contributed by atoms with Gasteiger partial charge in [-0.15, -0.1) is 0 Å². The first-order valence-corrected chi connectivity index (χ1v) is 8.85. The lowest BCUT2D eigenvalue weighted by Gasteiger charge is -2.43. The molecule has 0 fully saturated rings. The molecule has 0 unspecified atom stereocenters. The van der Waals surface area contributed by atoms with E-state index >= 15 is 0 Å². The SMILES string of the molecule is CCCN1CC(CO)=C[C@@H]2c3cccc4[nH]c(Br)c(c34)C[C@H]21. The second kappa shape index (κ2) is 5.52. The Bertz CT molecular complexity index is 749. The Balaban J connectivity index is 1.89. The van der Waals surface area contributed by atoms with Crippen LogP contribution in [0.3, 0.4) is 0 Å². The van der Waals surface area contributed by atoms with Crippen molar-refractivity contribution in [1.82, 2.24) is 9.88 Å². The number of aliphatic hydroxyl groups is 1. The monoisotopic (exact) mass is 360 g/mol. The van der Waals surface area contributed by atoms with Crippen molar-refractivity contribution in [2.75, 3.05) is 19.7 Å². The van der Waals surface area contributed by atoms with Gasteiger partial charge in [-0.2, -0.15) is 0 Å². The number of rotatable bonds is 3. The molecule has 2 atom stereocenters. The number of aromatic nitrogens is 1. The Kier molecular flexibility index (Phi) is 3.63. The van der Waals surface area contributed by atoms with Crippen LogP contribution in [0.25, 0.3) is 10.9 Å². The fraction of sp³-hybridized carbons (Fsp3) is 0.444. The summed E-state index contributed by atoms with van der Waals surface area (Å²) in [7, 11) is 0. The highest BCUT2D eigenvalue weighted by atomic mass is 79.9. The van der Waals surface area contributed by atoms with Crippen LogP contribution in [0.4, 0.5) is 0 Å². The van der Waals surface area contributed by atoms with Gasteiger partial charge in [0.15, 0.2) is 0 Å². The predicted molar refractivity (Wildman–Crippen MR) is 93.3 cm³/mol. The molecule has 0 spiro atoms. The molecule has 0 bridgehead atoms. The normalized spacial score (nSPS) is 24.4. The van der Waals surface area contributed by atoms with Crippen molar-refractivity contribution in [2.24, 2.45) is 0 Å². The summed E-state index contributed by atoms with van der Waals surface area (Å²) in [4.78, 5) is 6.02. The molecule has 1 aliphatic heterocycles. The Morgan fingerprint density at radius 3 is 3.05 bits per heavy atom. The lowest BCUT2D eigenvalue weighted by Crippen LogP contribution is -2.46. The highest BCUT2D eigenvalue weighted by Crippen LogP contribution is 2.44. The summed E-state index contributed by atoms with van der Waals surface area (Å²) in [6, 6.07) is 7.04. The molecule has 3 nitrogen and oxygen atoms in total. The fourth-order valence-corrected chi connectivity index (χ4v) is 4.78. The van der Waals surface area contributed by atoms with Crippen molar-refractivity contribution in [2.45, 2.75) is 31.7 Å². The quantitative estimate of drug-likeness (QED) is 0.821. The number of aliphatic hydroxyl groups excluding tert-OH is 1. The molecule has 2 heterocycles. The van der Waals surface area contributed by atoms with Crippen molar-refractivity contribution < 1.29 is 5.11 Å². The van der Waals surface area contributed by atoms with Crippen LogP contribution in [0.1, 0.15) is 30.4 Å². The van der Waals surface area contributed by atoms with Gasteiger partial charge in [0, 0.05) is 29.4 Å². The number of aromatic amines is 1. The maximum Gasteiger partial charge on any atom is 0.0864 e. The number of halogens is 1. The van der Waals surface area contributed by atoms with E-state index in [9.17, 15) is 5.11 Å². The molecule has 4 heteroatoms. The van der Waals surface area contributed by atoms with Gasteiger partial charge in [-0.05, 0) is 58.1 Å². The number of hydrogen-bond donors (Lipinski definition) is 2. The van der Waals surface area contributed by atoms with Crippen LogP contribution in [0.2, 0.25) is 0 Å². The molecule has 0 saturated heterocycles. The summed E-state index contributed by atoms with van der Waals surface area (Å²) in [6.07, 6.45) is 4.53. The average Bonchev–Trinajstić information content (AvgIpc) is 2.85. The van der Waals surface area contributed by atoms with Gasteiger partial charge in [0.05, 0.1) is 11.2 Å². The van der Waals surface area contributed by atoms with Crippen molar-refractivity contribution in [1.29, 1.82) is 0 Å². The van der Waals surface area contributed by atoms with Gasteiger partial charge < -0.3 is 10.1 Å². The zero-order valence-electron chi connectivity index (χ0n) is 12.8. The molecule has 2 N–H and O–H groups in total. The molecular weight excluding hydrogens is 340 g/mol. The van der Waals surface area contributed by atoms with Crippen LogP contribution >= 0.6 is 15.9 Å². The zero-order chi connectivity index (χ0) is 15.3. The Labute approximate surface area is 139 Å². The van der Waals surface area contributed by atoms with Gasteiger partial charge in [0.25, 0.3) is 0 Å². The summed E-state index contributed by atoms with van der Waals surface area (Å²) in [6.45, 7) is 4.39. The third-order valence-electron chi connectivity index (χ3n) is 5.10. The molecule has 116 valence electrons. The minimum atomic E-state index is 0.170. The van der Waals surface area contributed by atoms with Crippen LogP contribution in [0.15, 0.2) is 34.5 Å². The second-order valence-electron chi connectivity index (χ2n) is 6.44. The molecule has 1 aromatic carbocycles. The van der Waals surface area contributed by atoms with Crippen LogP contribution in [-0.4, -0.2) is 40.7 Å². The van der Waals surface area contributed by atoms with Crippen molar-refractivity contribution >= 4 is 26.8 Å². The summed E-state index contributed by atoms with van der Waals surface area (Å²) in [5, 5.41) is 11.0. The third kappa shape index (κ3) is 2.08. The van der Waals surface area contributed by atoms with E-state index in [1.54, 1.807) is 0 Å². The van der Waals surface area contributed by atoms with E-state index in [4.69, 9.17) is 0 Å². The largest absolute Gasteiger partial charge is 0.392 e. The second-order valence-corrected chi connectivity index (χ2v) is 7.23. The van der Waals surface area contributed by atoms with Gasteiger partial charge in [-0.3, -0.25) is 4.90 Å². The molecule has 2 aromatic rings. The van der Waals surface area contributed by atoms with E-state index in [0.29, 0.717) is 12.0 Å². The number of H-pyrrole nitrogens is 1. The topological polar surface area (TPSA) is 39.3 Å². The number of hydrogen-bond acceptors (Lipinski definition) is 2. The van der Waals surface area contributed by atoms with Gasteiger partial charge in [0.2, 0.25) is 0 Å². The van der Waals surface area contributed by atoms with E-state index in [2.05, 4.69) is 57.0 Å². The van der Waals surface area contributed by atoms with Gasteiger partial charge in [-0.1, -0.05) is 25.1 Å². The van der Waals surface area contributed by atoms with Gasteiger partial charge >= 0.3 is 0 Å². The van der Waals surface area contributed by atoms with E-state index in [1.165, 1.54) is 22.0 Å². The first-order chi connectivity index (χ1) is 10.7. The molecule has 0 amide bonds. The fourth-order valence-electron chi connectivity index (χ4n) is 4.20. The summed E-state index contributed by atoms with van der Waals surface area (Å²) >= 11 is 3.71. The molecular formula is C18H21BrN2O. The van der Waals surface area contributed by atoms with Gasteiger partial charge in [-0.25, -0.2) is 0 Å². The van der Waals surface area contributed by atoms with E-state index in [0.717, 1.165) is 36.1 Å². The van der Waals surface area contributed by atoms with Crippen LogP contribution < -0.4 is 0 Å². The highest BCUT2D eigenvalue weighted by Gasteiger charge is 2.37. The van der Waals surface area contributed by atoms with E-state index < -0.39 is 0 Å². The maximum atomic E-state index is 9.65. The molecule has 0 saturated carbocycles. The molecule has 1 aliphatic carbocycles. The van der Waals surface area contributed by atoms with Crippen molar-refractivity contribution in [3.8, 4) is 0 Å².